The van der Waals surface area contributed by atoms with Crippen molar-refractivity contribution >= 4 is 5.97 Å². The van der Waals surface area contributed by atoms with E-state index in [9.17, 15) is 4.79 Å². The van der Waals surface area contributed by atoms with Crippen LogP contribution in [0.25, 0.3) is 0 Å². The average molecular weight is 133 g/mol. The first-order chi connectivity index (χ1) is 4.22. The number of hydrogen-bond donors (Lipinski definition) is 3. The van der Waals surface area contributed by atoms with Crippen LogP contribution in [0.4, 0.5) is 0 Å². The summed E-state index contributed by atoms with van der Waals surface area (Å²) in [5.41, 5.74) is 15.1. The van der Waals surface area contributed by atoms with Crippen molar-refractivity contribution < 1.29 is 9.53 Å². The standard InChI is InChI=1S/C4H11N3O2/c5-1-3(7)4(8)9-2-6/h3H,1-2,5-7H2. The molecular weight excluding hydrogens is 122 g/mol. The van der Waals surface area contributed by atoms with E-state index in [1.54, 1.807) is 0 Å². The first kappa shape index (κ1) is 8.35. The van der Waals surface area contributed by atoms with Crippen molar-refractivity contribution in [3.05, 3.63) is 0 Å². The molecule has 0 saturated heterocycles. The fourth-order valence-electron chi connectivity index (χ4n) is 0.285. The van der Waals surface area contributed by atoms with Crippen LogP contribution in [-0.2, 0) is 9.53 Å². The van der Waals surface area contributed by atoms with E-state index in [4.69, 9.17) is 17.2 Å². The first-order valence-corrected chi connectivity index (χ1v) is 2.54. The molecule has 0 fully saturated rings. The first-order valence-electron chi connectivity index (χ1n) is 2.54. The Morgan fingerprint density at radius 3 is 2.44 bits per heavy atom. The molecule has 0 aromatic carbocycles. The van der Waals surface area contributed by atoms with E-state index in [0.29, 0.717) is 0 Å². The summed E-state index contributed by atoms with van der Waals surface area (Å²) in [5.74, 6) is -0.556. The topological polar surface area (TPSA) is 104 Å². The highest BCUT2D eigenvalue weighted by atomic mass is 16.5. The second kappa shape index (κ2) is 4.25. The summed E-state index contributed by atoms with van der Waals surface area (Å²) in [6.07, 6.45) is 0. The summed E-state index contributed by atoms with van der Waals surface area (Å²) in [5, 5.41) is 0. The van der Waals surface area contributed by atoms with Gasteiger partial charge in [0.15, 0.2) is 0 Å². The fraction of sp³-hybridized carbons (Fsp3) is 0.750. The molecule has 1 unspecified atom stereocenters. The molecule has 9 heavy (non-hydrogen) atoms. The van der Waals surface area contributed by atoms with Gasteiger partial charge in [-0.2, -0.15) is 0 Å². The highest BCUT2D eigenvalue weighted by Gasteiger charge is 2.10. The molecule has 5 heteroatoms. The average Bonchev–Trinajstić information content (AvgIpc) is 1.87. The Labute approximate surface area is 53.1 Å². The van der Waals surface area contributed by atoms with Crippen molar-refractivity contribution in [2.75, 3.05) is 13.3 Å². The Morgan fingerprint density at radius 1 is 1.56 bits per heavy atom. The van der Waals surface area contributed by atoms with E-state index in [1.165, 1.54) is 0 Å². The summed E-state index contributed by atoms with van der Waals surface area (Å²) in [6, 6.07) is -0.742. The van der Waals surface area contributed by atoms with Gasteiger partial charge < -0.3 is 16.2 Å². The minimum atomic E-state index is -0.742. The van der Waals surface area contributed by atoms with Gasteiger partial charge in [0, 0.05) is 6.54 Å². The van der Waals surface area contributed by atoms with Gasteiger partial charge in [-0.05, 0) is 0 Å². The van der Waals surface area contributed by atoms with Gasteiger partial charge in [0.1, 0.15) is 12.8 Å². The van der Waals surface area contributed by atoms with Crippen molar-refractivity contribution in [2.45, 2.75) is 6.04 Å². The van der Waals surface area contributed by atoms with Gasteiger partial charge in [-0.1, -0.05) is 0 Å². The van der Waals surface area contributed by atoms with Gasteiger partial charge in [-0.3, -0.25) is 10.5 Å². The Hall–Kier alpha value is -0.650. The van der Waals surface area contributed by atoms with Crippen molar-refractivity contribution in [1.29, 1.82) is 0 Å². The number of carbonyl (C=O) groups excluding carboxylic acids is 1. The number of ether oxygens (including phenoxy) is 1. The van der Waals surface area contributed by atoms with Crippen LogP contribution in [0.3, 0.4) is 0 Å². The molecule has 5 nitrogen and oxygen atoms in total. The van der Waals surface area contributed by atoms with Gasteiger partial charge >= 0.3 is 5.97 Å². The normalized spacial score (nSPS) is 12.8. The molecule has 0 aromatic heterocycles. The monoisotopic (exact) mass is 133 g/mol. The molecule has 1 atom stereocenters. The lowest BCUT2D eigenvalue weighted by molar-refractivity contribution is -0.144. The van der Waals surface area contributed by atoms with Crippen LogP contribution in [0.2, 0.25) is 0 Å². The molecule has 0 aliphatic carbocycles. The second-order valence-corrected chi connectivity index (χ2v) is 1.47. The van der Waals surface area contributed by atoms with Crippen molar-refractivity contribution in [3.63, 3.8) is 0 Å². The van der Waals surface area contributed by atoms with E-state index in [0.717, 1.165) is 0 Å². The van der Waals surface area contributed by atoms with Gasteiger partial charge in [-0.15, -0.1) is 0 Å². The molecule has 0 spiro atoms. The molecule has 6 N–H and O–H groups in total. The Balaban J connectivity index is 3.46. The summed E-state index contributed by atoms with van der Waals surface area (Å²) in [6.45, 7) is -0.0641. The molecule has 0 aromatic rings. The number of hydrogen-bond acceptors (Lipinski definition) is 5. The Morgan fingerprint density at radius 2 is 2.11 bits per heavy atom. The molecular formula is C4H11N3O2. The molecule has 0 rings (SSSR count). The molecule has 0 saturated carbocycles. The Bertz CT molecular complexity index is 95.8. The van der Waals surface area contributed by atoms with Crippen LogP contribution in [0.15, 0.2) is 0 Å². The van der Waals surface area contributed by atoms with Crippen LogP contribution < -0.4 is 17.2 Å². The zero-order valence-electron chi connectivity index (χ0n) is 5.04. The van der Waals surface area contributed by atoms with Crippen molar-refractivity contribution in [2.24, 2.45) is 17.2 Å². The summed E-state index contributed by atoms with van der Waals surface area (Å²) in [7, 11) is 0. The summed E-state index contributed by atoms with van der Waals surface area (Å²) >= 11 is 0. The maximum atomic E-state index is 10.5. The van der Waals surface area contributed by atoms with E-state index in [2.05, 4.69) is 4.74 Å². The van der Waals surface area contributed by atoms with Crippen molar-refractivity contribution in [1.82, 2.24) is 0 Å². The van der Waals surface area contributed by atoms with Crippen LogP contribution in [0.1, 0.15) is 0 Å². The predicted molar refractivity (Wildman–Crippen MR) is 32.2 cm³/mol. The quantitative estimate of drug-likeness (QED) is 0.297. The lowest BCUT2D eigenvalue weighted by Crippen LogP contribution is -2.39. The highest BCUT2D eigenvalue weighted by Crippen LogP contribution is 1.78. The lowest BCUT2D eigenvalue weighted by atomic mass is 10.3. The van der Waals surface area contributed by atoms with Gasteiger partial charge in [0.25, 0.3) is 0 Å². The highest BCUT2D eigenvalue weighted by molar-refractivity contribution is 5.75. The maximum Gasteiger partial charge on any atom is 0.325 e. The smallest absolute Gasteiger partial charge is 0.325 e. The number of nitrogens with two attached hydrogens (primary N) is 3. The third-order valence-corrected chi connectivity index (χ3v) is 0.782. The maximum absolute atomic E-state index is 10.5. The van der Waals surface area contributed by atoms with Gasteiger partial charge in [0.05, 0.1) is 0 Å². The van der Waals surface area contributed by atoms with Crippen molar-refractivity contribution in [3.8, 4) is 0 Å². The number of carbonyl (C=O) groups is 1. The number of rotatable bonds is 3. The number of esters is 1. The summed E-state index contributed by atoms with van der Waals surface area (Å²) in [4.78, 5) is 10.5. The van der Waals surface area contributed by atoms with Gasteiger partial charge in [0.2, 0.25) is 0 Å². The third-order valence-electron chi connectivity index (χ3n) is 0.782. The molecule has 0 aliphatic heterocycles. The minimum Gasteiger partial charge on any atom is -0.449 e. The summed E-state index contributed by atoms with van der Waals surface area (Å²) < 4.78 is 4.33. The van der Waals surface area contributed by atoms with Crippen LogP contribution in [-0.4, -0.2) is 25.3 Å². The predicted octanol–water partition coefficient (Wildman–Crippen LogP) is -2.27. The molecule has 0 aliphatic rings. The second-order valence-electron chi connectivity index (χ2n) is 1.47. The SMILES string of the molecule is NCOC(=O)C(N)CN. The lowest BCUT2D eigenvalue weighted by Gasteiger charge is -2.05. The third kappa shape index (κ3) is 3.02. The van der Waals surface area contributed by atoms with E-state index >= 15 is 0 Å². The zero-order valence-corrected chi connectivity index (χ0v) is 5.04. The van der Waals surface area contributed by atoms with E-state index < -0.39 is 12.0 Å². The Kier molecular flexibility index (Phi) is 3.94. The van der Waals surface area contributed by atoms with Gasteiger partial charge in [-0.25, -0.2) is 0 Å². The molecule has 0 bridgehead atoms. The molecule has 0 heterocycles. The zero-order chi connectivity index (χ0) is 7.28. The fourth-order valence-corrected chi connectivity index (χ4v) is 0.285. The largest absolute Gasteiger partial charge is 0.449 e. The van der Waals surface area contributed by atoms with Crippen LogP contribution in [0, 0.1) is 0 Å². The molecule has 0 amide bonds. The van der Waals surface area contributed by atoms with E-state index in [1.807, 2.05) is 0 Å². The van der Waals surface area contributed by atoms with E-state index in [-0.39, 0.29) is 13.3 Å². The minimum absolute atomic E-state index is 0.0822. The molecule has 54 valence electrons. The van der Waals surface area contributed by atoms with Crippen LogP contribution >= 0.6 is 0 Å². The van der Waals surface area contributed by atoms with Crippen LogP contribution in [0.5, 0.6) is 0 Å². The molecule has 0 radical (unpaired) electrons.